The van der Waals surface area contributed by atoms with E-state index >= 15 is 0 Å². The van der Waals surface area contributed by atoms with Gasteiger partial charge in [0.15, 0.2) is 0 Å². The Morgan fingerprint density at radius 3 is 2.57 bits per heavy atom. The highest BCUT2D eigenvalue weighted by Crippen LogP contribution is 2.19. The first kappa shape index (κ1) is 17.5. The molecule has 4 rings (SSSR count). The number of imidazole rings is 1. The van der Waals surface area contributed by atoms with Crippen LogP contribution in [0.4, 0.5) is 0 Å². The second-order valence-corrected chi connectivity index (χ2v) is 6.36. The van der Waals surface area contributed by atoms with Gasteiger partial charge in [0.1, 0.15) is 5.65 Å². The Kier molecular flexibility index (Phi) is 4.60. The first-order valence-electron chi connectivity index (χ1n) is 8.75. The van der Waals surface area contributed by atoms with Gasteiger partial charge in [0.25, 0.3) is 5.91 Å². The number of hydrogen-bond donors (Lipinski definition) is 2. The molecule has 2 heterocycles. The van der Waals surface area contributed by atoms with Crippen LogP contribution in [0.3, 0.4) is 0 Å². The predicted molar refractivity (Wildman–Crippen MR) is 105 cm³/mol. The number of fused-ring (bicyclic) bond motifs is 1. The topological polar surface area (TPSA) is 83.7 Å². The summed E-state index contributed by atoms with van der Waals surface area (Å²) in [6.07, 6.45) is 3.72. The van der Waals surface area contributed by atoms with Gasteiger partial charge in [-0.05, 0) is 29.8 Å². The number of amides is 1. The van der Waals surface area contributed by atoms with E-state index in [2.05, 4.69) is 10.3 Å². The van der Waals surface area contributed by atoms with Gasteiger partial charge in [0.2, 0.25) is 0 Å². The molecule has 0 saturated carbocycles. The SMILES string of the molecule is O=C(O)c1cccc(CNC(=O)c2ccn3cc(-c4ccccc4)nc3c2)c1. The maximum atomic E-state index is 12.5. The van der Waals surface area contributed by atoms with Crippen LogP contribution in [0.5, 0.6) is 0 Å². The van der Waals surface area contributed by atoms with Gasteiger partial charge in [0.05, 0.1) is 11.3 Å². The summed E-state index contributed by atoms with van der Waals surface area (Å²) in [7, 11) is 0. The molecule has 0 aliphatic heterocycles. The van der Waals surface area contributed by atoms with Crippen molar-refractivity contribution in [3.05, 3.63) is 95.8 Å². The van der Waals surface area contributed by atoms with Gasteiger partial charge < -0.3 is 14.8 Å². The van der Waals surface area contributed by atoms with Crippen LogP contribution in [-0.4, -0.2) is 26.4 Å². The lowest BCUT2D eigenvalue weighted by atomic mass is 10.1. The summed E-state index contributed by atoms with van der Waals surface area (Å²) in [5.74, 6) is -1.24. The van der Waals surface area contributed by atoms with E-state index in [-0.39, 0.29) is 18.0 Å². The van der Waals surface area contributed by atoms with Gasteiger partial charge in [0, 0.05) is 30.1 Å². The molecule has 0 radical (unpaired) electrons. The van der Waals surface area contributed by atoms with Crippen LogP contribution < -0.4 is 5.32 Å². The highest BCUT2D eigenvalue weighted by molar-refractivity contribution is 5.95. The molecule has 2 N–H and O–H groups in total. The molecule has 2 aromatic heterocycles. The monoisotopic (exact) mass is 371 g/mol. The van der Waals surface area contributed by atoms with Crippen molar-refractivity contribution in [2.75, 3.05) is 0 Å². The number of carbonyl (C=O) groups excluding carboxylic acids is 1. The van der Waals surface area contributed by atoms with Crippen LogP contribution in [0.25, 0.3) is 16.9 Å². The number of pyridine rings is 1. The normalized spacial score (nSPS) is 10.7. The molecule has 6 nitrogen and oxygen atoms in total. The highest BCUT2D eigenvalue weighted by Gasteiger charge is 2.10. The summed E-state index contributed by atoms with van der Waals surface area (Å²) < 4.78 is 1.87. The van der Waals surface area contributed by atoms with Crippen LogP contribution in [0.2, 0.25) is 0 Å². The molecule has 4 aromatic rings. The Bertz CT molecular complexity index is 1170. The Labute approximate surface area is 161 Å². The van der Waals surface area contributed by atoms with Crippen LogP contribution in [-0.2, 0) is 6.54 Å². The van der Waals surface area contributed by atoms with Crippen molar-refractivity contribution < 1.29 is 14.7 Å². The third-order valence-corrected chi connectivity index (χ3v) is 4.42. The molecule has 0 fully saturated rings. The number of benzene rings is 2. The Hall–Kier alpha value is -3.93. The highest BCUT2D eigenvalue weighted by atomic mass is 16.4. The number of aromatic nitrogens is 2. The second-order valence-electron chi connectivity index (χ2n) is 6.36. The average molecular weight is 371 g/mol. The van der Waals surface area contributed by atoms with E-state index in [0.29, 0.717) is 11.2 Å². The largest absolute Gasteiger partial charge is 0.478 e. The fourth-order valence-corrected chi connectivity index (χ4v) is 2.97. The molecule has 0 aliphatic rings. The lowest BCUT2D eigenvalue weighted by molar-refractivity contribution is 0.0696. The van der Waals surface area contributed by atoms with Gasteiger partial charge in [-0.2, -0.15) is 0 Å². The quantitative estimate of drug-likeness (QED) is 0.561. The number of carboxylic acid groups (broad SMARTS) is 1. The summed E-state index contributed by atoms with van der Waals surface area (Å²) in [6.45, 7) is 0.245. The number of carbonyl (C=O) groups is 2. The first-order chi connectivity index (χ1) is 13.6. The fraction of sp³-hybridized carbons (Fsp3) is 0.0455. The Morgan fingerprint density at radius 2 is 1.79 bits per heavy atom. The number of rotatable bonds is 5. The van der Waals surface area contributed by atoms with Gasteiger partial charge in [-0.15, -0.1) is 0 Å². The average Bonchev–Trinajstić information content (AvgIpc) is 3.16. The fourth-order valence-electron chi connectivity index (χ4n) is 2.97. The minimum Gasteiger partial charge on any atom is -0.478 e. The molecular weight excluding hydrogens is 354 g/mol. The van der Waals surface area contributed by atoms with Crippen molar-refractivity contribution in [1.82, 2.24) is 14.7 Å². The molecule has 0 unspecified atom stereocenters. The van der Waals surface area contributed by atoms with Crippen LogP contribution >= 0.6 is 0 Å². The molecule has 0 bridgehead atoms. The Morgan fingerprint density at radius 1 is 0.964 bits per heavy atom. The van der Waals surface area contributed by atoms with Crippen molar-refractivity contribution in [3.8, 4) is 11.3 Å². The van der Waals surface area contributed by atoms with E-state index < -0.39 is 5.97 Å². The standard InChI is InChI=1S/C22H17N3O3/c26-21(23-13-15-5-4-8-18(11-15)22(27)28)17-9-10-25-14-19(24-20(25)12-17)16-6-2-1-3-7-16/h1-12,14H,13H2,(H,23,26)(H,27,28). The van der Waals surface area contributed by atoms with E-state index in [9.17, 15) is 9.59 Å². The number of nitrogens with zero attached hydrogens (tertiary/aromatic N) is 2. The summed E-state index contributed by atoms with van der Waals surface area (Å²) in [4.78, 5) is 28.1. The van der Waals surface area contributed by atoms with E-state index in [1.54, 1.807) is 36.5 Å². The van der Waals surface area contributed by atoms with Crippen molar-refractivity contribution in [3.63, 3.8) is 0 Å². The predicted octanol–water partition coefficient (Wildman–Crippen LogP) is 3.63. The van der Waals surface area contributed by atoms with Gasteiger partial charge >= 0.3 is 5.97 Å². The molecule has 138 valence electrons. The molecule has 0 aliphatic carbocycles. The molecule has 1 amide bonds. The second kappa shape index (κ2) is 7.36. The van der Waals surface area contributed by atoms with E-state index in [1.165, 1.54) is 6.07 Å². The zero-order valence-electron chi connectivity index (χ0n) is 14.9. The zero-order valence-corrected chi connectivity index (χ0v) is 14.9. The molecular formula is C22H17N3O3. The molecule has 0 spiro atoms. The number of hydrogen-bond acceptors (Lipinski definition) is 3. The van der Waals surface area contributed by atoms with Gasteiger partial charge in [-0.1, -0.05) is 42.5 Å². The summed E-state index contributed by atoms with van der Waals surface area (Å²) >= 11 is 0. The maximum absolute atomic E-state index is 12.5. The molecule has 6 heteroatoms. The summed E-state index contributed by atoms with van der Waals surface area (Å²) in [6, 6.07) is 19.8. The van der Waals surface area contributed by atoms with Crippen molar-refractivity contribution >= 4 is 17.5 Å². The number of nitrogens with one attached hydrogen (secondary N) is 1. The Balaban J connectivity index is 1.51. The molecule has 28 heavy (non-hydrogen) atoms. The first-order valence-corrected chi connectivity index (χ1v) is 8.75. The smallest absolute Gasteiger partial charge is 0.335 e. The van der Waals surface area contributed by atoms with Crippen molar-refractivity contribution in [2.24, 2.45) is 0 Å². The van der Waals surface area contributed by atoms with E-state index in [1.807, 2.05) is 40.9 Å². The molecule has 0 saturated heterocycles. The van der Waals surface area contributed by atoms with Gasteiger partial charge in [-0.25, -0.2) is 9.78 Å². The van der Waals surface area contributed by atoms with Gasteiger partial charge in [-0.3, -0.25) is 4.79 Å². The summed E-state index contributed by atoms with van der Waals surface area (Å²) in [5.41, 5.74) is 3.94. The molecule has 2 aromatic carbocycles. The third kappa shape index (κ3) is 3.61. The zero-order chi connectivity index (χ0) is 19.5. The number of aromatic carboxylic acids is 1. The summed E-state index contributed by atoms with van der Waals surface area (Å²) in [5, 5.41) is 11.9. The van der Waals surface area contributed by atoms with Crippen molar-refractivity contribution in [1.29, 1.82) is 0 Å². The lowest BCUT2D eigenvalue weighted by Gasteiger charge is -2.06. The lowest BCUT2D eigenvalue weighted by Crippen LogP contribution is -2.23. The van der Waals surface area contributed by atoms with E-state index in [4.69, 9.17) is 5.11 Å². The van der Waals surface area contributed by atoms with Crippen LogP contribution in [0, 0.1) is 0 Å². The van der Waals surface area contributed by atoms with Crippen LogP contribution in [0.15, 0.2) is 79.1 Å². The van der Waals surface area contributed by atoms with Crippen LogP contribution in [0.1, 0.15) is 26.3 Å². The third-order valence-electron chi connectivity index (χ3n) is 4.42. The molecule has 0 atom stereocenters. The number of carboxylic acids is 1. The minimum absolute atomic E-state index is 0.194. The maximum Gasteiger partial charge on any atom is 0.335 e. The minimum atomic E-state index is -0.993. The van der Waals surface area contributed by atoms with Crippen molar-refractivity contribution in [2.45, 2.75) is 6.54 Å². The van der Waals surface area contributed by atoms with E-state index in [0.717, 1.165) is 16.8 Å².